The van der Waals surface area contributed by atoms with Gasteiger partial charge in [0.1, 0.15) is 5.52 Å². The van der Waals surface area contributed by atoms with Crippen molar-refractivity contribution in [1.29, 1.82) is 0 Å². The number of aromatic nitrogens is 5. The van der Waals surface area contributed by atoms with Crippen LogP contribution in [0, 0.1) is 0 Å². The number of thioether (sulfide) groups is 1. The van der Waals surface area contributed by atoms with Crippen LogP contribution in [0.25, 0.3) is 16.9 Å². The van der Waals surface area contributed by atoms with Crippen molar-refractivity contribution in [3.8, 4) is 0 Å². The standard InChI is InChI=1S/C12H15N5O3S/c1-3-4-7-10-11(16(2)14-7)12(19)17(15-13-10)8-6-21-9(5-18)20-8/h6,9,18H,3-5H2,1-2H3. The van der Waals surface area contributed by atoms with Gasteiger partial charge in [-0.2, -0.15) is 5.10 Å². The summed E-state index contributed by atoms with van der Waals surface area (Å²) in [5, 5.41) is 23.1. The normalized spacial score (nSPS) is 18.0. The highest BCUT2D eigenvalue weighted by Gasteiger charge is 2.23. The second kappa shape index (κ2) is 5.49. The van der Waals surface area contributed by atoms with Gasteiger partial charge < -0.3 is 9.84 Å². The highest BCUT2D eigenvalue weighted by molar-refractivity contribution is 8.03. The molecule has 0 saturated carbocycles. The van der Waals surface area contributed by atoms with E-state index in [1.54, 1.807) is 12.5 Å². The third-order valence-corrected chi connectivity index (χ3v) is 4.03. The van der Waals surface area contributed by atoms with E-state index in [0.717, 1.165) is 23.2 Å². The summed E-state index contributed by atoms with van der Waals surface area (Å²) in [5.74, 6) is 0.275. The molecule has 0 spiro atoms. The second-order valence-corrected chi connectivity index (χ2v) is 5.68. The zero-order valence-electron chi connectivity index (χ0n) is 11.7. The Balaban J connectivity index is 2.09. The van der Waals surface area contributed by atoms with Crippen LogP contribution in [0.2, 0.25) is 0 Å². The van der Waals surface area contributed by atoms with Gasteiger partial charge in [0.05, 0.1) is 12.3 Å². The third-order valence-electron chi connectivity index (χ3n) is 3.14. The predicted molar refractivity (Wildman–Crippen MR) is 78.4 cm³/mol. The summed E-state index contributed by atoms with van der Waals surface area (Å²) < 4.78 is 8.05. The number of aryl methyl sites for hydroxylation is 2. The maximum absolute atomic E-state index is 12.6. The molecule has 2 aromatic rings. The number of aliphatic hydroxyl groups excluding tert-OH is 1. The summed E-state index contributed by atoms with van der Waals surface area (Å²) in [6, 6.07) is 0. The predicted octanol–water partition coefficient (Wildman–Crippen LogP) is 0.315. The van der Waals surface area contributed by atoms with Gasteiger partial charge in [-0.3, -0.25) is 9.48 Å². The number of aliphatic hydroxyl groups is 1. The molecule has 0 radical (unpaired) electrons. The van der Waals surface area contributed by atoms with Gasteiger partial charge in [0.25, 0.3) is 0 Å². The van der Waals surface area contributed by atoms with Crippen molar-refractivity contribution >= 4 is 28.7 Å². The Kier molecular flexibility index (Phi) is 3.68. The lowest BCUT2D eigenvalue weighted by Crippen LogP contribution is -2.26. The summed E-state index contributed by atoms with van der Waals surface area (Å²) >= 11 is 1.29. The molecule has 0 aliphatic carbocycles. The molecule has 8 nitrogen and oxygen atoms in total. The topological polar surface area (TPSA) is 95.1 Å². The maximum Gasteiger partial charge on any atom is 0.303 e. The van der Waals surface area contributed by atoms with Crippen LogP contribution in [0.1, 0.15) is 19.0 Å². The van der Waals surface area contributed by atoms with Crippen molar-refractivity contribution in [2.45, 2.75) is 25.2 Å². The monoisotopic (exact) mass is 309 g/mol. The van der Waals surface area contributed by atoms with Crippen LogP contribution in [0.4, 0.5) is 0 Å². The fourth-order valence-electron chi connectivity index (χ4n) is 2.20. The Morgan fingerprint density at radius 1 is 1.52 bits per heavy atom. The first-order valence-corrected chi connectivity index (χ1v) is 7.55. The number of rotatable bonds is 4. The van der Waals surface area contributed by atoms with Crippen molar-refractivity contribution in [1.82, 2.24) is 24.8 Å². The number of hydrogen-bond acceptors (Lipinski definition) is 7. The van der Waals surface area contributed by atoms with Crippen molar-refractivity contribution < 1.29 is 9.84 Å². The van der Waals surface area contributed by atoms with E-state index in [1.807, 2.05) is 6.92 Å². The molecule has 0 aromatic carbocycles. The number of hydrogen-bond donors (Lipinski definition) is 1. The van der Waals surface area contributed by atoms with Gasteiger partial charge in [-0.15, -0.1) is 9.78 Å². The molecule has 1 aliphatic rings. The van der Waals surface area contributed by atoms with E-state index in [9.17, 15) is 4.79 Å². The fraction of sp³-hybridized carbons (Fsp3) is 0.500. The zero-order chi connectivity index (χ0) is 15.0. The van der Waals surface area contributed by atoms with E-state index < -0.39 is 5.44 Å². The summed E-state index contributed by atoms with van der Waals surface area (Å²) in [6.07, 6.45) is 1.66. The minimum Gasteiger partial charge on any atom is -0.460 e. The van der Waals surface area contributed by atoms with E-state index in [1.165, 1.54) is 16.4 Å². The molecule has 1 aliphatic heterocycles. The molecule has 1 unspecified atom stereocenters. The van der Waals surface area contributed by atoms with Crippen LogP contribution in [0.5, 0.6) is 0 Å². The van der Waals surface area contributed by atoms with E-state index in [-0.39, 0.29) is 18.0 Å². The summed E-state index contributed by atoms with van der Waals surface area (Å²) in [4.78, 5) is 12.6. The molecule has 3 heterocycles. The smallest absolute Gasteiger partial charge is 0.303 e. The first-order valence-electron chi connectivity index (χ1n) is 6.60. The minimum atomic E-state index is -0.411. The average Bonchev–Trinajstić information content (AvgIpc) is 3.06. The van der Waals surface area contributed by atoms with Crippen molar-refractivity contribution in [3.05, 3.63) is 21.5 Å². The summed E-state index contributed by atoms with van der Waals surface area (Å²) in [7, 11) is 1.71. The molecule has 0 bridgehead atoms. The largest absolute Gasteiger partial charge is 0.460 e. The summed E-state index contributed by atoms with van der Waals surface area (Å²) in [5.41, 5.74) is 0.964. The van der Waals surface area contributed by atoms with Crippen LogP contribution < -0.4 is 5.56 Å². The highest BCUT2D eigenvalue weighted by Crippen LogP contribution is 2.28. The Bertz CT molecular complexity index is 766. The van der Waals surface area contributed by atoms with E-state index in [0.29, 0.717) is 11.0 Å². The third kappa shape index (κ3) is 2.32. The lowest BCUT2D eigenvalue weighted by atomic mass is 10.2. The van der Waals surface area contributed by atoms with Crippen molar-refractivity contribution in [2.24, 2.45) is 7.05 Å². The minimum absolute atomic E-state index is 0.137. The molecule has 1 atom stereocenters. The van der Waals surface area contributed by atoms with E-state index in [2.05, 4.69) is 15.4 Å². The molecule has 0 fully saturated rings. The first kappa shape index (κ1) is 14.1. The van der Waals surface area contributed by atoms with Crippen LogP contribution in [-0.4, -0.2) is 41.9 Å². The molecular formula is C12H15N5O3S. The van der Waals surface area contributed by atoms with Gasteiger partial charge in [0.15, 0.2) is 11.0 Å². The SMILES string of the molecule is CCCc1nn(C)c2c(=O)n(C3=CSC(CO)O3)nnc12. The zero-order valence-corrected chi connectivity index (χ0v) is 12.5. The van der Waals surface area contributed by atoms with Crippen LogP contribution in [0.15, 0.2) is 10.2 Å². The highest BCUT2D eigenvalue weighted by atomic mass is 32.2. The maximum atomic E-state index is 12.6. The molecule has 21 heavy (non-hydrogen) atoms. The molecule has 2 aromatic heterocycles. The summed E-state index contributed by atoms with van der Waals surface area (Å²) in [6.45, 7) is 1.90. The van der Waals surface area contributed by atoms with Gasteiger partial charge in [-0.1, -0.05) is 30.3 Å². The van der Waals surface area contributed by atoms with Crippen molar-refractivity contribution in [2.75, 3.05) is 6.61 Å². The second-order valence-electron chi connectivity index (χ2n) is 4.65. The quantitative estimate of drug-likeness (QED) is 0.868. The molecule has 0 saturated heterocycles. The van der Waals surface area contributed by atoms with Crippen LogP contribution >= 0.6 is 11.8 Å². The number of fused-ring (bicyclic) bond motifs is 1. The fourth-order valence-corrected chi connectivity index (χ4v) is 2.86. The number of ether oxygens (including phenoxy) is 1. The van der Waals surface area contributed by atoms with Gasteiger partial charge in [-0.25, -0.2) is 0 Å². The molecule has 0 amide bonds. The first-order chi connectivity index (χ1) is 10.2. The van der Waals surface area contributed by atoms with Gasteiger partial charge in [-0.05, 0) is 6.42 Å². The van der Waals surface area contributed by atoms with Gasteiger partial charge in [0, 0.05) is 12.5 Å². The van der Waals surface area contributed by atoms with Gasteiger partial charge in [0.2, 0.25) is 5.88 Å². The van der Waals surface area contributed by atoms with Gasteiger partial charge >= 0.3 is 5.56 Å². The van der Waals surface area contributed by atoms with E-state index >= 15 is 0 Å². The molecule has 9 heteroatoms. The Morgan fingerprint density at radius 2 is 2.33 bits per heavy atom. The lowest BCUT2D eigenvalue weighted by Gasteiger charge is -2.09. The lowest BCUT2D eigenvalue weighted by molar-refractivity contribution is 0.149. The molecule has 3 rings (SSSR count). The Morgan fingerprint density at radius 3 is 3.00 bits per heavy atom. The van der Waals surface area contributed by atoms with Crippen LogP contribution in [-0.2, 0) is 18.2 Å². The molecule has 112 valence electrons. The molecular weight excluding hydrogens is 294 g/mol. The Labute approximate surface area is 124 Å². The molecule has 1 N–H and O–H groups in total. The van der Waals surface area contributed by atoms with E-state index in [4.69, 9.17) is 9.84 Å². The average molecular weight is 309 g/mol. The van der Waals surface area contributed by atoms with Crippen molar-refractivity contribution in [3.63, 3.8) is 0 Å². The Hall–Kier alpha value is -1.87. The van der Waals surface area contributed by atoms with Crippen LogP contribution in [0.3, 0.4) is 0 Å². The number of nitrogens with zero attached hydrogens (tertiary/aromatic N) is 5.